The molecule has 1 aromatic heterocycles. The van der Waals surface area contributed by atoms with E-state index >= 15 is 0 Å². The van der Waals surface area contributed by atoms with E-state index in [1.807, 2.05) is 26.0 Å². The Labute approximate surface area is 168 Å². The van der Waals surface area contributed by atoms with E-state index in [0.29, 0.717) is 23.8 Å². The summed E-state index contributed by atoms with van der Waals surface area (Å²) < 4.78 is 28.0. The van der Waals surface area contributed by atoms with Crippen LogP contribution in [0.5, 0.6) is 0 Å². The molecule has 0 bridgehead atoms. The second kappa shape index (κ2) is 7.27. The average molecular weight is 416 g/mol. The maximum atomic E-state index is 12.7. The second-order valence-electron chi connectivity index (χ2n) is 6.99. The van der Waals surface area contributed by atoms with Crippen molar-refractivity contribution < 1.29 is 13.2 Å². The number of thiazole rings is 1. The quantitative estimate of drug-likeness (QED) is 0.700. The number of sulfonamides is 1. The summed E-state index contributed by atoms with van der Waals surface area (Å²) in [5, 5.41) is 3.32. The fraction of sp³-hybridized carbons (Fsp3) is 0.300. The molecule has 8 heteroatoms. The standard InChI is InChI=1S/C20H21N3O3S2/c1-13-8-9-14(2)18-17(13)21-20(27-18)22-19(24)15-6-5-7-16(12-15)28(25,26)23-10-3-4-11-23/h5-9,12H,3-4,10-11H2,1-2H3,(H,21,22,24). The lowest BCUT2D eigenvalue weighted by Gasteiger charge is -2.15. The summed E-state index contributed by atoms with van der Waals surface area (Å²) in [6.07, 6.45) is 1.74. The van der Waals surface area contributed by atoms with Crippen molar-refractivity contribution in [2.75, 3.05) is 18.4 Å². The minimum Gasteiger partial charge on any atom is -0.298 e. The number of hydrogen-bond acceptors (Lipinski definition) is 5. The van der Waals surface area contributed by atoms with Crippen molar-refractivity contribution in [3.05, 3.63) is 53.1 Å². The van der Waals surface area contributed by atoms with Gasteiger partial charge in [0.25, 0.3) is 5.91 Å². The van der Waals surface area contributed by atoms with Gasteiger partial charge < -0.3 is 0 Å². The Morgan fingerprint density at radius 3 is 2.54 bits per heavy atom. The number of aromatic nitrogens is 1. The van der Waals surface area contributed by atoms with E-state index in [9.17, 15) is 13.2 Å². The van der Waals surface area contributed by atoms with E-state index in [2.05, 4.69) is 10.3 Å². The molecule has 0 aliphatic carbocycles. The van der Waals surface area contributed by atoms with Crippen LogP contribution < -0.4 is 5.32 Å². The molecule has 1 amide bonds. The normalized spacial score (nSPS) is 15.2. The number of fused-ring (bicyclic) bond motifs is 1. The zero-order chi connectivity index (χ0) is 19.9. The number of nitrogens with one attached hydrogen (secondary N) is 1. The highest BCUT2D eigenvalue weighted by Gasteiger charge is 2.27. The molecule has 1 fully saturated rings. The summed E-state index contributed by atoms with van der Waals surface area (Å²) >= 11 is 1.42. The fourth-order valence-electron chi connectivity index (χ4n) is 3.36. The summed E-state index contributed by atoms with van der Waals surface area (Å²) in [6, 6.07) is 10.2. The molecule has 0 atom stereocenters. The predicted octanol–water partition coefficient (Wildman–Crippen LogP) is 3.95. The minimum absolute atomic E-state index is 0.151. The summed E-state index contributed by atoms with van der Waals surface area (Å²) in [4.78, 5) is 17.4. The lowest BCUT2D eigenvalue weighted by atomic mass is 10.1. The third kappa shape index (κ3) is 3.43. The van der Waals surface area contributed by atoms with Crippen LogP contribution in [0.1, 0.15) is 34.3 Å². The summed E-state index contributed by atoms with van der Waals surface area (Å²) in [5.41, 5.74) is 3.34. The number of rotatable bonds is 4. The minimum atomic E-state index is -3.56. The number of carbonyl (C=O) groups is 1. The topological polar surface area (TPSA) is 79.4 Å². The Balaban J connectivity index is 1.61. The van der Waals surface area contributed by atoms with E-state index in [-0.39, 0.29) is 10.8 Å². The molecule has 0 spiro atoms. The van der Waals surface area contributed by atoms with Crippen LogP contribution in [-0.4, -0.2) is 36.7 Å². The van der Waals surface area contributed by atoms with Crippen LogP contribution >= 0.6 is 11.3 Å². The second-order valence-corrected chi connectivity index (χ2v) is 9.93. The summed E-state index contributed by atoms with van der Waals surface area (Å²) in [7, 11) is -3.56. The molecule has 4 rings (SSSR count). The van der Waals surface area contributed by atoms with Crippen molar-refractivity contribution in [3.8, 4) is 0 Å². The number of nitrogens with zero attached hydrogens (tertiary/aromatic N) is 2. The predicted molar refractivity (Wildman–Crippen MR) is 111 cm³/mol. The van der Waals surface area contributed by atoms with Gasteiger partial charge in [0.1, 0.15) is 0 Å². The summed E-state index contributed by atoms with van der Waals surface area (Å²) in [6.45, 7) is 5.06. The molecule has 28 heavy (non-hydrogen) atoms. The zero-order valence-electron chi connectivity index (χ0n) is 15.7. The van der Waals surface area contributed by atoms with Gasteiger partial charge in [-0.2, -0.15) is 4.31 Å². The smallest absolute Gasteiger partial charge is 0.257 e. The van der Waals surface area contributed by atoms with E-state index in [0.717, 1.165) is 34.2 Å². The van der Waals surface area contributed by atoms with Crippen LogP contribution in [-0.2, 0) is 10.0 Å². The number of aryl methyl sites for hydroxylation is 2. The molecular weight excluding hydrogens is 394 g/mol. The Hall–Kier alpha value is -2.29. The molecule has 3 aromatic rings. The first-order valence-corrected chi connectivity index (χ1v) is 11.4. The molecule has 0 radical (unpaired) electrons. The molecule has 146 valence electrons. The average Bonchev–Trinajstić information content (AvgIpc) is 3.36. The van der Waals surface area contributed by atoms with E-state index in [1.165, 1.54) is 27.8 Å². The van der Waals surface area contributed by atoms with Gasteiger partial charge in [0.05, 0.1) is 15.1 Å². The number of carbonyl (C=O) groups excluding carboxylic acids is 1. The molecule has 0 saturated carbocycles. The van der Waals surface area contributed by atoms with Gasteiger partial charge in [-0.05, 0) is 56.0 Å². The van der Waals surface area contributed by atoms with Crippen LogP contribution in [0, 0.1) is 13.8 Å². The van der Waals surface area contributed by atoms with Gasteiger partial charge in [-0.3, -0.25) is 10.1 Å². The molecule has 0 unspecified atom stereocenters. The van der Waals surface area contributed by atoms with Crippen LogP contribution in [0.4, 0.5) is 5.13 Å². The highest BCUT2D eigenvalue weighted by atomic mass is 32.2. The van der Waals surface area contributed by atoms with Gasteiger partial charge in [0.2, 0.25) is 10.0 Å². The van der Waals surface area contributed by atoms with Gasteiger partial charge in [0.15, 0.2) is 5.13 Å². The number of anilines is 1. The zero-order valence-corrected chi connectivity index (χ0v) is 17.4. The molecule has 1 aliphatic rings. The first kappa shape index (κ1) is 19.0. The molecule has 2 heterocycles. The lowest BCUT2D eigenvalue weighted by Crippen LogP contribution is -2.28. The molecule has 1 aliphatic heterocycles. The van der Waals surface area contributed by atoms with Crippen LogP contribution in [0.2, 0.25) is 0 Å². The SMILES string of the molecule is Cc1ccc(C)c2sc(NC(=O)c3cccc(S(=O)(=O)N4CCCC4)c3)nc12. The monoisotopic (exact) mass is 415 g/mol. The van der Waals surface area contributed by atoms with Gasteiger partial charge >= 0.3 is 0 Å². The molecule has 6 nitrogen and oxygen atoms in total. The Kier molecular flexibility index (Phi) is 4.95. The van der Waals surface area contributed by atoms with Gasteiger partial charge in [-0.15, -0.1) is 0 Å². The first-order valence-electron chi connectivity index (χ1n) is 9.14. The molecule has 1 saturated heterocycles. The number of hydrogen-bond donors (Lipinski definition) is 1. The van der Waals surface area contributed by atoms with Crippen molar-refractivity contribution in [2.45, 2.75) is 31.6 Å². The number of amides is 1. The van der Waals surface area contributed by atoms with Crippen LogP contribution in [0.25, 0.3) is 10.2 Å². The maximum absolute atomic E-state index is 12.7. The fourth-order valence-corrected chi connectivity index (χ4v) is 5.93. The van der Waals surface area contributed by atoms with E-state index < -0.39 is 10.0 Å². The molecule has 1 N–H and O–H groups in total. The van der Waals surface area contributed by atoms with E-state index in [1.54, 1.807) is 12.1 Å². The van der Waals surface area contributed by atoms with Crippen molar-refractivity contribution in [2.24, 2.45) is 0 Å². The Bertz CT molecular complexity index is 1120. The maximum Gasteiger partial charge on any atom is 0.257 e. The Morgan fingerprint density at radius 2 is 1.82 bits per heavy atom. The van der Waals surface area contributed by atoms with E-state index in [4.69, 9.17) is 0 Å². The van der Waals surface area contributed by atoms with Gasteiger partial charge in [0, 0.05) is 18.7 Å². The lowest BCUT2D eigenvalue weighted by molar-refractivity contribution is 0.102. The summed E-state index contributed by atoms with van der Waals surface area (Å²) in [5.74, 6) is -0.368. The van der Waals surface area contributed by atoms with Crippen molar-refractivity contribution in [1.29, 1.82) is 0 Å². The highest BCUT2D eigenvalue weighted by molar-refractivity contribution is 7.89. The van der Waals surface area contributed by atoms with Crippen LogP contribution in [0.3, 0.4) is 0 Å². The van der Waals surface area contributed by atoms with Gasteiger partial charge in [-0.25, -0.2) is 13.4 Å². The third-order valence-corrected chi connectivity index (χ3v) is 7.96. The van der Waals surface area contributed by atoms with Crippen molar-refractivity contribution in [1.82, 2.24) is 9.29 Å². The van der Waals surface area contributed by atoms with Crippen molar-refractivity contribution in [3.63, 3.8) is 0 Å². The third-order valence-electron chi connectivity index (χ3n) is 4.96. The van der Waals surface area contributed by atoms with Crippen molar-refractivity contribution >= 4 is 42.6 Å². The molecular formula is C20H21N3O3S2. The van der Waals surface area contributed by atoms with Crippen LogP contribution in [0.15, 0.2) is 41.3 Å². The molecule has 2 aromatic carbocycles. The first-order chi connectivity index (χ1) is 13.4. The number of benzene rings is 2. The highest BCUT2D eigenvalue weighted by Crippen LogP contribution is 2.31. The Morgan fingerprint density at radius 1 is 1.11 bits per heavy atom. The van der Waals surface area contributed by atoms with Gasteiger partial charge in [-0.1, -0.05) is 29.5 Å². The largest absolute Gasteiger partial charge is 0.298 e.